The van der Waals surface area contributed by atoms with Gasteiger partial charge in [0, 0.05) is 0 Å². The first-order chi connectivity index (χ1) is 12.7. The van der Waals surface area contributed by atoms with E-state index < -0.39 is 5.97 Å². The van der Waals surface area contributed by atoms with Gasteiger partial charge in [-0.3, -0.25) is 0 Å². The molecule has 6 nitrogen and oxygen atoms in total. The van der Waals surface area contributed by atoms with E-state index in [4.69, 9.17) is 9.47 Å². The van der Waals surface area contributed by atoms with E-state index in [1.165, 1.54) is 7.11 Å². The number of methoxy groups -OCH3 is 2. The van der Waals surface area contributed by atoms with Crippen LogP contribution in [-0.2, 0) is 16.1 Å². The fraction of sp³-hybridized carbons (Fsp3) is 0.150. The molecular formula is C20H19N3O3. The molecule has 0 bridgehead atoms. The summed E-state index contributed by atoms with van der Waals surface area (Å²) in [7, 11) is 2.98. The maximum absolute atomic E-state index is 12.2. The molecule has 0 saturated heterocycles. The molecular weight excluding hydrogens is 330 g/mol. The van der Waals surface area contributed by atoms with Crippen LogP contribution in [0.3, 0.4) is 0 Å². The molecule has 0 spiro atoms. The number of hydrogen-bond donors (Lipinski definition) is 0. The Bertz CT molecular complexity index is 917. The largest absolute Gasteiger partial charge is 0.497 e. The lowest BCUT2D eigenvalue weighted by molar-refractivity contribution is -0.133. The van der Waals surface area contributed by atoms with Crippen LogP contribution in [0.5, 0.6) is 5.75 Å². The summed E-state index contributed by atoms with van der Waals surface area (Å²) < 4.78 is 11.8. The second kappa shape index (κ2) is 8.11. The van der Waals surface area contributed by atoms with Crippen molar-refractivity contribution in [2.24, 2.45) is 0 Å². The topological polar surface area (TPSA) is 66.2 Å². The second-order valence-electron chi connectivity index (χ2n) is 5.61. The minimum atomic E-state index is -0.456. The van der Waals surface area contributed by atoms with E-state index in [-0.39, 0.29) is 0 Å². The lowest BCUT2D eigenvalue weighted by atomic mass is 10.1. The molecule has 0 unspecified atom stereocenters. The number of ether oxygens (including phenoxy) is 2. The first-order valence-corrected chi connectivity index (χ1v) is 8.08. The number of hydrogen-bond acceptors (Lipinski definition) is 5. The highest BCUT2D eigenvalue weighted by atomic mass is 16.5. The van der Waals surface area contributed by atoms with Gasteiger partial charge in [-0.15, -0.1) is 5.10 Å². The molecule has 132 valence electrons. The van der Waals surface area contributed by atoms with E-state index in [0.717, 1.165) is 16.9 Å². The Morgan fingerprint density at radius 2 is 1.92 bits per heavy atom. The van der Waals surface area contributed by atoms with Gasteiger partial charge in [0.25, 0.3) is 0 Å². The molecule has 0 aliphatic carbocycles. The number of aromatic nitrogens is 3. The standard InChI is InChI=1S/C20H19N3O3/c1-25-17-10-6-9-16(11-17)13-23-14-19(21-22-23)18(20(24)26-2)12-15-7-4-3-5-8-15/h3-12,14H,13H2,1-2H3. The Morgan fingerprint density at radius 1 is 1.12 bits per heavy atom. The molecule has 0 amide bonds. The summed E-state index contributed by atoms with van der Waals surface area (Å²) in [6.45, 7) is 0.518. The van der Waals surface area contributed by atoms with Crippen molar-refractivity contribution < 1.29 is 14.3 Å². The van der Waals surface area contributed by atoms with Crippen LogP contribution < -0.4 is 4.74 Å². The minimum Gasteiger partial charge on any atom is -0.497 e. The third-order valence-corrected chi connectivity index (χ3v) is 3.81. The van der Waals surface area contributed by atoms with Crippen molar-refractivity contribution in [2.45, 2.75) is 6.54 Å². The summed E-state index contributed by atoms with van der Waals surface area (Å²) in [5.41, 5.74) is 2.72. The second-order valence-corrected chi connectivity index (χ2v) is 5.61. The maximum atomic E-state index is 12.2. The van der Waals surface area contributed by atoms with Gasteiger partial charge in [0.05, 0.1) is 32.5 Å². The molecule has 2 aromatic carbocycles. The van der Waals surface area contributed by atoms with Crippen molar-refractivity contribution in [3.63, 3.8) is 0 Å². The number of benzene rings is 2. The highest BCUT2D eigenvalue weighted by Crippen LogP contribution is 2.19. The molecule has 0 aliphatic heterocycles. The van der Waals surface area contributed by atoms with E-state index in [1.54, 1.807) is 24.1 Å². The molecule has 0 N–H and O–H groups in total. The summed E-state index contributed by atoms with van der Waals surface area (Å²) in [4.78, 5) is 12.2. The van der Waals surface area contributed by atoms with Gasteiger partial charge in [0.2, 0.25) is 0 Å². The zero-order valence-corrected chi connectivity index (χ0v) is 14.6. The van der Waals surface area contributed by atoms with Crippen molar-refractivity contribution in [1.29, 1.82) is 0 Å². The molecule has 1 aromatic heterocycles. The van der Waals surface area contributed by atoms with Gasteiger partial charge in [-0.2, -0.15) is 0 Å². The van der Waals surface area contributed by atoms with Gasteiger partial charge >= 0.3 is 5.97 Å². The summed E-state index contributed by atoms with van der Waals surface area (Å²) >= 11 is 0. The Labute approximate surface area is 151 Å². The highest BCUT2D eigenvalue weighted by Gasteiger charge is 2.16. The van der Waals surface area contributed by atoms with Gasteiger partial charge in [-0.05, 0) is 29.3 Å². The lowest BCUT2D eigenvalue weighted by Gasteiger charge is -2.04. The number of esters is 1. The number of nitrogens with zero attached hydrogens (tertiary/aromatic N) is 3. The fourth-order valence-corrected chi connectivity index (χ4v) is 2.52. The van der Waals surface area contributed by atoms with Crippen LogP contribution in [0.2, 0.25) is 0 Å². The van der Waals surface area contributed by atoms with Crippen LogP contribution in [0.25, 0.3) is 11.6 Å². The molecule has 0 radical (unpaired) electrons. The van der Waals surface area contributed by atoms with E-state index >= 15 is 0 Å². The van der Waals surface area contributed by atoms with Crippen LogP contribution >= 0.6 is 0 Å². The van der Waals surface area contributed by atoms with Gasteiger partial charge in [-0.25, -0.2) is 9.48 Å². The summed E-state index contributed by atoms with van der Waals surface area (Å²) in [5.74, 6) is 0.323. The van der Waals surface area contributed by atoms with Crippen LogP contribution in [0.15, 0.2) is 60.8 Å². The van der Waals surface area contributed by atoms with Crippen molar-refractivity contribution in [1.82, 2.24) is 15.0 Å². The summed E-state index contributed by atoms with van der Waals surface area (Å²) in [5, 5.41) is 8.26. The Hall–Kier alpha value is -3.41. The van der Waals surface area contributed by atoms with Gasteiger partial charge in [0.15, 0.2) is 0 Å². The van der Waals surface area contributed by atoms with Gasteiger partial charge in [0.1, 0.15) is 11.4 Å². The normalized spacial score (nSPS) is 11.2. The van der Waals surface area contributed by atoms with Crippen LogP contribution in [0.1, 0.15) is 16.8 Å². The Balaban J connectivity index is 1.87. The van der Waals surface area contributed by atoms with Gasteiger partial charge in [-0.1, -0.05) is 47.7 Å². The van der Waals surface area contributed by atoms with Crippen molar-refractivity contribution in [2.75, 3.05) is 14.2 Å². The molecule has 3 aromatic rings. The molecule has 3 rings (SSSR count). The summed E-state index contributed by atoms with van der Waals surface area (Å²) in [6, 6.07) is 17.2. The highest BCUT2D eigenvalue weighted by molar-refractivity contribution is 6.20. The van der Waals surface area contributed by atoms with Gasteiger partial charge < -0.3 is 9.47 Å². The van der Waals surface area contributed by atoms with E-state index in [9.17, 15) is 4.79 Å². The zero-order valence-electron chi connectivity index (χ0n) is 14.6. The smallest absolute Gasteiger partial charge is 0.340 e. The van der Waals surface area contributed by atoms with Crippen molar-refractivity contribution >= 4 is 17.6 Å². The first-order valence-electron chi connectivity index (χ1n) is 8.08. The molecule has 26 heavy (non-hydrogen) atoms. The van der Waals surface area contributed by atoms with Crippen LogP contribution in [0.4, 0.5) is 0 Å². The van der Waals surface area contributed by atoms with Crippen LogP contribution in [-0.4, -0.2) is 35.2 Å². The molecule has 0 aliphatic rings. The molecule has 1 heterocycles. The Kier molecular flexibility index (Phi) is 5.43. The minimum absolute atomic E-state index is 0.357. The number of carbonyl (C=O) groups excluding carboxylic acids is 1. The van der Waals surface area contributed by atoms with E-state index in [2.05, 4.69) is 10.3 Å². The molecule has 0 atom stereocenters. The fourth-order valence-electron chi connectivity index (χ4n) is 2.52. The van der Waals surface area contributed by atoms with E-state index in [0.29, 0.717) is 17.8 Å². The van der Waals surface area contributed by atoms with E-state index in [1.807, 2.05) is 54.6 Å². The SMILES string of the molecule is COC(=O)C(=Cc1ccccc1)c1cn(Cc2cccc(OC)c2)nn1. The zero-order chi connectivity index (χ0) is 18.4. The monoisotopic (exact) mass is 349 g/mol. The third-order valence-electron chi connectivity index (χ3n) is 3.81. The number of carbonyl (C=O) groups is 1. The average molecular weight is 349 g/mol. The average Bonchev–Trinajstić information content (AvgIpc) is 3.14. The molecule has 6 heteroatoms. The predicted octanol–water partition coefficient (Wildman–Crippen LogP) is 3.05. The summed E-state index contributed by atoms with van der Waals surface area (Å²) in [6.07, 6.45) is 3.47. The molecule has 0 fully saturated rings. The maximum Gasteiger partial charge on any atom is 0.340 e. The van der Waals surface area contributed by atoms with Crippen molar-refractivity contribution in [3.05, 3.63) is 77.6 Å². The first kappa shape index (κ1) is 17.4. The Morgan fingerprint density at radius 3 is 2.65 bits per heavy atom. The quantitative estimate of drug-likeness (QED) is 0.505. The third kappa shape index (κ3) is 4.16. The predicted molar refractivity (Wildman–Crippen MR) is 98.4 cm³/mol. The van der Waals surface area contributed by atoms with Crippen molar-refractivity contribution in [3.8, 4) is 5.75 Å². The lowest BCUT2D eigenvalue weighted by Crippen LogP contribution is -2.04. The number of rotatable bonds is 6. The van der Waals surface area contributed by atoms with Crippen LogP contribution in [0, 0.1) is 0 Å². The molecule has 0 saturated carbocycles.